The maximum absolute atomic E-state index is 4.97. The summed E-state index contributed by atoms with van der Waals surface area (Å²) in [6.45, 7) is 7.97. The van der Waals surface area contributed by atoms with Crippen molar-refractivity contribution in [3.05, 3.63) is 21.9 Å². The smallest absolute Gasteiger partial charge is 0.0587 e. The number of hydrogen-bond acceptors (Lipinski definition) is 4. The molecule has 0 bridgehead atoms. The summed E-state index contributed by atoms with van der Waals surface area (Å²) in [6.07, 6.45) is 0. The molecule has 0 aliphatic heterocycles. The number of rotatable bonds is 8. The number of aryl methyl sites for hydroxylation is 1. The van der Waals surface area contributed by atoms with Gasteiger partial charge in [-0.15, -0.1) is 11.3 Å². The molecule has 0 radical (unpaired) electrons. The van der Waals surface area contributed by atoms with E-state index in [1.807, 2.05) is 11.3 Å². The number of hydrogen-bond donors (Lipinski definition) is 2. The van der Waals surface area contributed by atoms with Gasteiger partial charge in [0.1, 0.15) is 0 Å². The van der Waals surface area contributed by atoms with E-state index in [4.69, 9.17) is 4.74 Å². The lowest BCUT2D eigenvalue weighted by atomic mass is 10.3. The van der Waals surface area contributed by atoms with Crippen LogP contribution in [0.15, 0.2) is 12.1 Å². The van der Waals surface area contributed by atoms with Gasteiger partial charge in [0.05, 0.1) is 6.61 Å². The molecule has 4 heteroatoms. The maximum atomic E-state index is 4.97. The lowest BCUT2D eigenvalue weighted by molar-refractivity contribution is 0.198. The first kappa shape index (κ1) is 13.6. The molecule has 2 N–H and O–H groups in total. The van der Waals surface area contributed by atoms with Gasteiger partial charge in [-0.1, -0.05) is 0 Å². The fraction of sp³-hybridized carbons (Fsp3) is 0.667. The molecule has 1 aromatic heterocycles. The topological polar surface area (TPSA) is 33.3 Å². The Hall–Kier alpha value is -0.420. The average Bonchev–Trinajstić information content (AvgIpc) is 2.68. The van der Waals surface area contributed by atoms with Crippen LogP contribution in [0.3, 0.4) is 0 Å². The first-order valence-electron chi connectivity index (χ1n) is 5.70. The Bertz CT molecular complexity index is 288. The van der Waals surface area contributed by atoms with Crippen LogP contribution >= 0.6 is 11.3 Å². The monoisotopic (exact) mass is 242 g/mol. The van der Waals surface area contributed by atoms with E-state index in [1.54, 1.807) is 7.11 Å². The lowest BCUT2D eigenvalue weighted by Crippen LogP contribution is -2.36. The second-order valence-electron chi connectivity index (χ2n) is 3.99. The minimum Gasteiger partial charge on any atom is -0.383 e. The first-order valence-corrected chi connectivity index (χ1v) is 6.52. The number of ether oxygens (including phenoxy) is 1. The van der Waals surface area contributed by atoms with Gasteiger partial charge in [-0.2, -0.15) is 0 Å². The Kier molecular flexibility index (Phi) is 6.64. The summed E-state index contributed by atoms with van der Waals surface area (Å²) in [6, 6.07) is 4.85. The van der Waals surface area contributed by atoms with Gasteiger partial charge in [-0.25, -0.2) is 0 Å². The predicted octanol–water partition coefficient (Wildman–Crippen LogP) is 1.77. The lowest BCUT2D eigenvalue weighted by Gasteiger charge is -2.13. The summed E-state index contributed by atoms with van der Waals surface area (Å²) < 4.78 is 4.97. The van der Waals surface area contributed by atoms with Crippen molar-refractivity contribution in [1.82, 2.24) is 10.6 Å². The van der Waals surface area contributed by atoms with Crippen molar-refractivity contribution in [3.8, 4) is 0 Å². The van der Waals surface area contributed by atoms with Crippen LogP contribution in [-0.2, 0) is 11.3 Å². The highest BCUT2D eigenvalue weighted by Gasteiger charge is 2.02. The molecule has 0 spiro atoms. The summed E-state index contributed by atoms with van der Waals surface area (Å²) >= 11 is 1.86. The molecule has 1 unspecified atom stereocenters. The Morgan fingerprint density at radius 3 is 2.88 bits per heavy atom. The van der Waals surface area contributed by atoms with Gasteiger partial charge in [-0.3, -0.25) is 0 Å². The molecule has 0 saturated heterocycles. The van der Waals surface area contributed by atoms with Crippen molar-refractivity contribution in [2.24, 2.45) is 0 Å². The predicted molar refractivity (Wildman–Crippen MR) is 70.1 cm³/mol. The van der Waals surface area contributed by atoms with Crippen molar-refractivity contribution in [2.45, 2.75) is 26.4 Å². The second-order valence-corrected chi connectivity index (χ2v) is 5.36. The molecule has 92 valence electrons. The Morgan fingerprint density at radius 1 is 1.44 bits per heavy atom. The third-order valence-corrected chi connectivity index (χ3v) is 3.35. The van der Waals surface area contributed by atoms with Crippen LogP contribution in [0.25, 0.3) is 0 Å². The van der Waals surface area contributed by atoms with E-state index in [1.165, 1.54) is 9.75 Å². The minimum absolute atomic E-state index is 0.485. The van der Waals surface area contributed by atoms with Crippen molar-refractivity contribution in [2.75, 3.05) is 26.8 Å². The molecule has 0 amide bonds. The van der Waals surface area contributed by atoms with Crippen LogP contribution in [0.4, 0.5) is 0 Å². The number of methoxy groups -OCH3 is 1. The molecule has 16 heavy (non-hydrogen) atoms. The van der Waals surface area contributed by atoms with Crippen LogP contribution in [0.1, 0.15) is 16.7 Å². The molecule has 1 aromatic rings. The molecule has 1 atom stereocenters. The van der Waals surface area contributed by atoms with Crippen molar-refractivity contribution >= 4 is 11.3 Å². The molecule has 0 fully saturated rings. The van der Waals surface area contributed by atoms with Gasteiger partial charge in [0.25, 0.3) is 0 Å². The average molecular weight is 242 g/mol. The Morgan fingerprint density at radius 2 is 2.25 bits per heavy atom. The summed E-state index contributed by atoms with van der Waals surface area (Å²) in [7, 11) is 1.72. The molecule has 1 heterocycles. The van der Waals surface area contributed by atoms with Gasteiger partial charge in [0.15, 0.2) is 0 Å². The van der Waals surface area contributed by atoms with Crippen LogP contribution in [0.2, 0.25) is 0 Å². The molecule has 0 aromatic carbocycles. The quantitative estimate of drug-likeness (QED) is 0.682. The van der Waals surface area contributed by atoms with Crippen LogP contribution in [0, 0.1) is 6.92 Å². The molecule has 0 aliphatic rings. The standard InChI is InChI=1S/C12H22N2OS/c1-10(8-13-6-7-15-3)14-9-12-5-4-11(2)16-12/h4-5,10,13-14H,6-9H2,1-3H3. The molecular formula is C12H22N2OS. The second kappa shape index (κ2) is 7.79. The third-order valence-electron chi connectivity index (χ3n) is 2.35. The van der Waals surface area contributed by atoms with Crippen molar-refractivity contribution in [3.63, 3.8) is 0 Å². The zero-order valence-corrected chi connectivity index (χ0v) is 11.2. The molecule has 1 rings (SSSR count). The summed E-state index contributed by atoms with van der Waals surface area (Å²) in [4.78, 5) is 2.78. The Labute approximate surface area is 102 Å². The molecule has 3 nitrogen and oxygen atoms in total. The summed E-state index contributed by atoms with van der Waals surface area (Å²) in [5.74, 6) is 0. The van der Waals surface area contributed by atoms with Crippen LogP contribution < -0.4 is 10.6 Å². The largest absolute Gasteiger partial charge is 0.383 e. The summed E-state index contributed by atoms with van der Waals surface area (Å²) in [5, 5.41) is 6.84. The Balaban J connectivity index is 2.08. The number of thiophene rings is 1. The van der Waals surface area contributed by atoms with E-state index in [0.717, 1.165) is 26.2 Å². The van der Waals surface area contributed by atoms with Crippen LogP contribution in [0.5, 0.6) is 0 Å². The van der Waals surface area contributed by atoms with E-state index < -0.39 is 0 Å². The molecule has 0 saturated carbocycles. The fourth-order valence-electron chi connectivity index (χ4n) is 1.42. The SMILES string of the molecule is COCCNCC(C)NCc1ccc(C)s1. The normalized spacial score (nSPS) is 12.9. The highest BCUT2D eigenvalue weighted by molar-refractivity contribution is 7.11. The highest BCUT2D eigenvalue weighted by atomic mass is 32.1. The zero-order valence-electron chi connectivity index (χ0n) is 10.4. The maximum Gasteiger partial charge on any atom is 0.0587 e. The third kappa shape index (κ3) is 5.61. The van der Waals surface area contributed by atoms with Gasteiger partial charge in [-0.05, 0) is 26.0 Å². The first-order chi connectivity index (χ1) is 7.72. The van der Waals surface area contributed by atoms with E-state index in [9.17, 15) is 0 Å². The van der Waals surface area contributed by atoms with E-state index >= 15 is 0 Å². The fourth-order valence-corrected chi connectivity index (χ4v) is 2.26. The zero-order chi connectivity index (χ0) is 11.8. The van der Waals surface area contributed by atoms with E-state index in [2.05, 4.69) is 36.6 Å². The minimum atomic E-state index is 0.485. The van der Waals surface area contributed by atoms with Gasteiger partial charge in [0, 0.05) is 42.5 Å². The van der Waals surface area contributed by atoms with E-state index in [0.29, 0.717) is 6.04 Å². The molecular weight excluding hydrogens is 220 g/mol. The van der Waals surface area contributed by atoms with Crippen molar-refractivity contribution < 1.29 is 4.74 Å². The van der Waals surface area contributed by atoms with Crippen LogP contribution in [-0.4, -0.2) is 32.8 Å². The molecule has 0 aliphatic carbocycles. The van der Waals surface area contributed by atoms with E-state index in [-0.39, 0.29) is 0 Å². The number of nitrogens with one attached hydrogen (secondary N) is 2. The van der Waals surface area contributed by atoms with Crippen molar-refractivity contribution in [1.29, 1.82) is 0 Å². The summed E-state index contributed by atoms with van der Waals surface area (Å²) in [5.41, 5.74) is 0. The highest BCUT2D eigenvalue weighted by Crippen LogP contribution is 2.14. The van der Waals surface area contributed by atoms with Gasteiger partial charge < -0.3 is 15.4 Å². The van der Waals surface area contributed by atoms with Gasteiger partial charge in [0.2, 0.25) is 0 Å². The van der Waals surface area contributed by atoms with Gasteiger partial charge >= 0.3 is 0 Å².